The Hall–Kier alpha value is -2.57. The number of carboxylic acid groups (broad SMARTS) is 1. The number of benzene rings is 1. The number of carbonyl (C=O) groups is 3. The van der Waals surface area contributed by atoms with E-state index in [1.165, 1.54) is 0 Å². The molecule has 144 valence electrons. The summed E-state index contributed by atoms with van der Waals surface area (Å²) in [5.74, 6) is -0.770. The van der Waals surface area contributed by atoms with Crippen LogP contribution in [0.1, 0.15) is 25.7 Å². The van der Waals surface area contributed by atoms with E-state index in [1.54, 1.807) is 18.1 Å². The maximum absolute atomic E-state index is 12.9. The third-order valence-electron chi connectivity index (χ3n) is 6.41. The molecule has 4 rings (SSSR count). The molecule has 1 spiro atoms. The summed E-state index contributed by atoms with van der Waals surface area (Å²) in [4.78, 5) is 40.1. The number of piperidine rings is 1. The van der Waals surface area contributed by atoms with Gasteiger partial charge in [-0.25, -0.2) is 0 Å². The summed E-state index contributed by atoms with van der Waals surface area (Å²) in [7, 11) is 1.56. The first kappa shape index (κ1) is 17.8. The molecule has 0 radical (unpaired) electrons. The van der Waals surface area contributed by atoms with Crippen LogP contribution < -0.4 is 9.64 Å². The molecule has 7 heteroatoms. The molecule has 1 N–H and O–H groups in total. The zero-order chi connectivity index (χ0) is 19.2. The molecule has 2 atom stereocenters. The number of carbonyl (C=O) groups excluding carboxylic acids is 2. The average molecular weight is 372 g/mol. The molecule has 2 aliphatic heterocycles. The zero-order valence-electron chi connectivity index (χ0n) is 15.4. The molecule has 2 saturated heterocycles. The monoisotopic (exact) mass is 372 g/mol. The van der Waals surface area contributed by atoms with Crippen molar-refractivity contribution in [2.45, 2.75) is 25.7 Å². The Labute approximate surface area is 157 Å². The van der Waals surface area contributed by atoms with Crippen molar-refractivity contribution in [1.82, 2.24) is 4.90 Å². The lowest BCUT2D eigenvalue weighted by atomic mass is 9.90. The Morgan fingerprint density at radius 3 is 2.56 bits per heavy atom. The van der Waals surface area contributed by atoms with Crippen LogP contribution in [-0.4, -0.2) is 54.5 Å². The highest BCUT2D eigenvalue weighted by Gasteiger charge is 2.59. The Bertz CT molecular complexity index is 784. The third kappa shape index (κ3) is 3.05. The van der Waals surface area contributed by atoms with Crippen LogP contribution in [0.4, 0.5) is 5.69 Å². The topological polar surface area (TPSA) is 87.2 Å². The van der Waals surface area contributed by atoms with Crippen LogP contribution in [-0.2, 0) is 14.4 Å². The van der Waals surface area contributed by atoms with Gasteiger partial charge in [-0.1, -0.05) is 12.1 Å². The fourth-order valence-electron chi connectivity index (χ4n) is 4.64. The first-order valence-electron chi connectivity index (χ1n) is 9.40. The van der Waals surface area contributed by atoms with Crippen LogP contribution in [0.2, 0.25) is 0 Å². The van der Waals surface area contributed by atoms with Gasteiger partial charge in [-0.05, 0) is 36.8 Å². The van der Waals surface area contributed by atoms with Crippen LogP contribution in [0.3, 0.4) is 0 Å². The molecule has 1 aromatic carbocycles. The molecule has 7 nitrogen and oxygen atoms in total. The zero-order valence-corrected chi connectivity index (χ0v) is 15.4. The van der Waals surface area contributed by atoms with Crippen molar-refractivity contribution in [2.24, 2.45) is 17.3 Å². The van der Waals surface area contributed by atoms with E-state index in [4.69, 9.17) is 4.74 Å². The van der Waals surface area contributed by atoms with Crippen molar-refractivity contribution in [3.8, 4) is 5.75 Å². The van der Waals surface area contributed by atoms with E-state index in [0.717, 1.165) is 19.3 Å². The lowest BCUT2D eigenvalue weighted by Gasteiger charge is -2.34. The molecular weight excluding hydrogens is 348 g/mol. The number of hydrogen-bond donors (Lipinski definition) is 1. The second-order valence-electron chi connectivity index (χ2n) is 7.86. The minimum Gasteiger partial charge on any atom is -0.495 e. The summed E-state index contributed by atoms with van der Waals surface area (Å²) >= 11 is 0. The van der Waals surface area contributed by atoms with Crippen LogP contribution in [0.5, 0.6) is 5.75 Å². The number of anilines is 1. The number of aliphatic carboxylic acids is 1. The van der Waals surface area contributed by atoms with Gasteiger partial charge in [-0.2, -0.15) is 0 Å². The lowest BCUT2D eigenvalue weighted by Crippen LogP contribution is -2.43. The molecule has 3 fully saturated rings. The number of methoxy groups -OCH3 is 1. The Morgan fingerprint density at radius 1 is 1.22 bits per heavy atom. The van der Waals surface area contributed by atoms with Gasteiger partial charge in [0, 0.05) is 26.1 Å². The second-order valence-corrected chi connectivity index (χ2v) is 7.86. The molecule has 0 aromatic heterocycles. The highest BCUT2D eigenvalue weighted by molar-refractivity contribution is 6.01. The van der Waals surface area contributed by atoms with Gasteiger partial charge in [0.05, 0.1) is 24.6 Å². The van der Waals surface area contributed by atoms with Crippen molar-refractivity contribution in [3.63, 3.8) is 0 Å². The molecule has 2 heterocycles. The van der Waals surface area contributed by atoms with Crippen LogP contribution in [0.15, 0.2) is 24.3 Å². The van der Waals surface area contributed by atoms with E-state index >= 15 is 0 Å². The highest BCUT2D eigenvalue weighted by Crippen LogP contribution is 2.59. The standard InChI is InChI=1S/C20H24N2O5/c1-27-16-5-3-2-4-15(16)22-12-13(10-17(22)23)18(24)21-8-6-20(7-9-21)11-14(20)19(25)26/h2-5,13-14H,6-12H2,1H3,(H,25,26). The molecule has 1 saturated carbocycles. The van der Waals surface area contributed by atoms with Crippen molar-refractivity contribution >= 4 is 23.5 Å². The molecule has 1 aliphatic carbocycles. The van der Waals surface area contributed by atoms with E-state index in [2.05, 4.69) is 0 Å². The number of rotatable bonds is 4. The fraction of sp³-hybridized carbons (Fsp3) is 0.550. The Balaban J connectivity index is 1.40. The smallest absolute Gasteiger partial charge is 0.307 e. The van der Waals surface area contributed by atoms with Gasteiger partial charge in [0.2, 0.25) is 11.8 Å². The van der Waals surface area contributed by atoms with Crippen LogP contribution >= 0.6 is 0 Å². The summed E-state index contributed by atoms with van der Waals surface area (Å²) in [5, 5.41) is 9.19. The quantitative estimate of drug-likeness (QED) is 0.870. The van der Waals surface area contributed by atoms with Gasteiger partial charge in [0.25, 0.3) is 0 Å². The average Bonchev–Trinajstić information content (AvgIpc) is 3.24. The predicted octanol–water partition coefficient (Wildman–Crippen LogP) is 1.76. The normalized spacial score (nSPS) is 26.3. The van der Waals surface area contributed by atoms with Crippen molar-refractivity contribution in [3.05, 3.63) is 24.3 Å². The lowest BCUT2D eigenvalue weighted by molar-refractivity contribution is -0.140. The molecule has 2 unspecified atom stereocenters. The van der Waals surface area contributed by atoms with Gasteiger partial charge in [0.15, 0.2) is 0 Å². The van der Waals surface area contributed by atoms with E-state index < -0.39 is 5.97 Å². The van der Waals surface area contributed by atoms with E-state index in [-0.39, 0.29) is 35.5 Å². The largest absolute Gasteiger partial charge is 0.495 e. The van der Waals surface area contributed by atoms with Crippen LogP contribution in [0, 0.1) is 17.3 Å². The summed E-state index contributed by atoms with van der Waals surface area (Å²) in [6.07, 6.45) is 2.42. The molecular formula is C20H24N2O5. The summed E-state index contributed by atoms with van der Waals surface area (Å²) in [5.41, 5.74) is 0.595. The van der Waals surface area contributed by atoms with E-state index in [0.29, 0.717) is 31.1 Å². The first-order chi connectivity index (χ1) is 12.9. The minimum absolute atomic E-state index is 0.00289. The predicted molar refractivity (Wildman–Crippen MR) is 97.4 cm³/mol. The Kier molecular flexibility index (Phi) is 4.32. The number of likely N-dealkylation sites (tertiary alicyclic amines) is 1. The number of nitrogens with zero attached hydrogens (tertiary/aromatic N) is 2. The first-order valence-corrected chi connectivity index (χ1v) is 9.40. The van der Waals surface area contributed by atoms with Gasteiger partial charge < -0.3 is 19.6 Å². The van der Waals surface area contributed by atoms with Crippen LogP contribution in [0.25, 0.3) is 0 Å². The van der Waals surface area contributed by atoms with Gasteiger partial charge in [-0.3, -0.25) is 14.4 Å². The number of carboxylic acids is 1. The number of amides is 2. The fourth-order valence-corrected chi connectivity index (χ4v) is 4.64. The summed E-state index contributed by atoms with van der Waals surface area (Å²) < 4.78 is 5.34. The van der Waals surface area contributed by atoms with Crippen molar-refractivity contribution in [1.29, 1.82) is 0 Å². The summed E-state index contributed by atoms with van der Waals surface area (Å²) in [6.45, 7) is 1.53. The number of ether oxygens (including phenoxy) is 1. The van der Waals surface area contributed by atoms with E-state index in [1.807, 2.05) is 23.1 Å². The van der Waals surface area contributed by atoms with E-state index in [9.17, 15) is 19.5 Å². The van der Waals surface area contributed by atoms with Crippen molar-refractivity contribution < 1.29 is 24.2 Å². The summed E-state index contributed by atoms with van der Waals surface area (Å²) in [6, 6.07) is 7.32. The molecule has 2 amide bonds. The maximum Gasteiger partial charge on any atom is 0.307 e. The second kappa shape index (κ2) is 6.55. The molecule has 27 heavy (non-hydrogen) atoms. The van der Waals surface area contributed by atoms with Gasteiger partial charge in [0.1, 0.15) is 5.75 Å². The third-order valence-corrected chi connectivity index (χ3v) is 6.41. The van der Waals surface area contributed by atoms with Crippen molar-refractivity contribution in [2.75, 3.05) is 31.6 Å². The Morgan fingerprint density at radius 2 is 1.93 bits per heavy atom. The minimum atomic E-state index is -0.719. The molecule has 3 aliphatic rings. The number of para-hydroxylation sites is 2. The molecule has 1 aromatic rings. The number of hydrogen-bond acceptors (Lipinski definition) is 4. The molecule has 0 bridgehead atoms. The highest BCUT2D eigenvalue weighted by atomic mass is 16.5. The maximum atomic E-state index is 12.9. The van der Waals surface area contributed by atoms with Gasteiger partial charge in [-0.15, -0.1) is 0 Å². The SMILES string of the molecule is COc1ccccc1N1CC(C(=O)N2CCC3(CC2)CC3C(=O)O)CC1=O. The van der Waals surface area contributed by atoms with Gasteiger partial charge >= 0.3 is 5.97 Å².